The third-order valence-corrected chi connectivity index (χ3v) is 3.82. The van der Waals surface area contributed by atoms with Gasteiger partial charge < -0.3 is 15.0 Å². The van der Waals surface area contributed by atoms with Crippen molar-refractivity contribution in [2.45, 2.75) is 32.9 Å². The first-order chi connectivity index (χ1) is 10.1. The van der Waals surface area contributed by atoms with Crippen molar-refractivity contribution < 1.29 is 13.5 Å². The van der Waals surface area contributed by atoms with Crippen molar-refractivity contribution in [3.05, 3.63) is 30.1 Å². The van der Waals surface area contributed by atoms with Gasteiger partial charge in [-0.05, 0) is 24.5 Å². The molecule has 21 heavy (non-hydrogen) atoms. The lowest BCUT2D eigenvalue weighted by Crippen LogP contribution is -2.18. The van der Waals surface area contributed by atoms with E-state index >= 15 is 0 Å². The minimum absolute atomic E-state index is 0.0997. The van der Waals surface area contributed by atoms with E-state index in [4.69, 9.17) is 5.73 Å². The summed E-state index contributed by atoms with van der Waals surface area (Å²) in [4.78, 5) is 4.55. The Kier molecular flexibility index (Phi) is 3.53. The molecule has 0 bridgehead atoms. The molecule has 2 N–H and O–H groups in total. The molecule has 1 aliphatic heterocycles. The summed E-state index contributed by atoms with van der Waals surface area (Å²) in [5, 5.41) is 0. The van der Waals surface area contributed by atoms with E-state index in [1.54, 1.807) is 18.2 Å². The van der Waals surface area contributed by atoms with Gasteiger partial charge in [-0.1, -0.05) is 19.1 Å². The molecule has 1 aromatic heterocycles. The van der Waals surface area contributed by atoms with Crippen molar-refractivity contribution in [3.63, 3.8) is 0 Å². The van der Waals surface area contributed by atoms with Gasteiger partial charge in [-0.25, -0.2) is 4.98 Å². The van der Waals surface area contributed by atoms with E-state index in [2.05, 4.69) is 16.6 Å². The van der Waals surface area contributed by atoms with Crippen LogP contribution in [-0.2, 0) is 13.0 Å². The number of nitrogens with zero attached hydrogens (tertiary/aromatic N) is 2. The van der Waals surface area contributed by atoms with E-state index in [0.29, 0.717) is 23.0 Å². The lowest BCUT2D eigenvalue weighted by Gasteiger charge is -2.20. The zero-order valence-corrected chi connectivity index (χ0v) is 11.7. The molecule has 2 heterocycles. The molecular formula is C15H17F2N3O. The largest absolute Gasteiger partial charge is 0.434 e. The molecule has 0 fully saturated rings. The Morgan fingerprint density at radius 2 is 2.14 bits per heavy atom. The molecule has 0 spiro atoms. The Labute approximate surface area is 121 Å². The van der Waals surface area contributed by atoms with Crippen molar-refractivity contribution >= 4 is 5.82 Å². The van der Waals surface area contributed by atoms with Gasteiger partial charge in [0.1, 0.15) is 23.1 Å². The third-order valence-electron chi connectivity index (χ3n) is 3.82. The Hall–Kier alpha value is -2.11. The van der Waals surface area contributed by atoms with Gasteiger partial charge in [-0.15, -0.1) is 0 Å². The van der Waals surface area contributed by atoms with Gasteiger partial charge in [-0.2, -0.15) is 8.78 Å². The number of nitrogens with two attached hydrogens (primary N) is 1. The van der Waals surface area contributed by atoms with Crippen LogP contribution in [0.1, 0.15) is 19.2 Å². The Balaban J connectivity index is 2.05. The Morgan fingerprint density at radius 1 is 1.38 bits per heavy atom. The molecule has 0 saturated heterocycles. The standard InChI is InChI=1S/C15H17F2N3O/c1-9-6-7-20-12(8-9)19-13(14(20)18)10-4-2-3-5-11(10)21-15(16)17/h2-5,9,15H,6-8,18H2,1H3. The number of rotatable bonds is 3. The molecule has 4 nitrogen and oxygen atoms in total. The quantitative estimate of drug-likeness (QED) is 0.944. The molecule has 0 saturated carbocycles. The van der Waals surface area contributed by atoms with Crippen molar-refractivity contribution in [2.75, 3.05) is 5.73 Å². The molecule has 0 amide bonds. The fourth-order valence-electron chi connectivity index (χ4n) is 2.74. The Morgan fingerprint density at radius 3 is 2.90 bits per heavy atom. The van der Waals surface area contributed by atoms with Crippen molar-refractivity contribution in [1.82, 2.24) is 9.55 Å². The molecule has 2 aromatic rings. The summed E-state index contributed by atoms with van der Waals surface area (Å²) in [6.45, 7) is 0.111. The van der Waals surface area contributed by atoms with Gasteiger partial charge in [0.2, 0.25) is 0 Å². The topological polar surface area (TPSA) is 53.1 Å². The maximum absolute atomic E-state index is 12.5. The number of anilines is 1. The summed E-state index contributed by atoms with van der Waals surface area (Å²) in [7, 11) is 0. The molecule has 1 aromatic carbocycles. The first kappa shape index (κ1) is 13.9. The van der Waals surface area contributed by atoms with Crippen molar-refractivity contribution in [2.24, 2.45) is 5.92 Å². The zero-order valence-electron chi connectivity index (χ0n) is 11.7. The molecule has 3 rings (SSSR count). The fourth-order valence-corrected chi connectivity index (χ4v) is 2.74. The normalized spacial score (nSPS) is 17.8. The first-order valence-corrected chi connectivity index (χ1v) is 6.95. The minimum atomic E-state index is -2.87. The van der Waals surface area contributed by atoms with Crippen LogP contribution in [0.2, 0.25) is 0 Å². The number of nitrogen functional groups attached to an aromatic ring is 1. The summed E-state index contributed by atoms with van der Waals surface area (Å²) < 4.78 is 31.6. The summed E-state index contributed by atoms with van der Waals surface area (Å²) in [6, 6.07) is 6.61. The Bertz CT molecular complexity index is 654. The van der Waals surface area contributed by atoms with Gasteiger partial charge in [0.15, 0.2) is 0 Å². The molecule has 0 radical (unpaired) electrons. The predicted molar refractivity (Wildman–Crippen MR) is 76.2 cm³/mol. The lowest BCUT2D eigenvalue weighted by atomic mass is 10.0. The van der Waals surface area contributed by atoms with Crippen LogP contribution in [0.4, 0.5) is 14.6 Å². The number of benzene rings is 1. The zero-order chi connectivity index (χ0) is 15.0. The number of aromatic nitrogens is 2. The van der Waals surface area contributed by atoms with Gasteiger partial charge in [0.05, 0.1) is 0 Å². The number of imidazole rings is 1. The van der Waals surface area contributed by atoms with Gasteiger partial charge in [0, 0.05) is 18.5 Å². The number of fused-ring (bicyclic) bond motifs is 1. The highest BCUT2D eigenvalue weighted by Crippen LogP contribution is 2.36. The summed E-state index contributed by atoms with van der Waals surface area (Å²) in [6.07, 6.45) is 1.89. The smallest absolute Gasteiger partial charge is 0.387 e. The van der Waals surface area contributed by atoms with Crippen LogP contribution in [0.3, 0.4) is 0 Å². The highest BCUT2D eigenvalue weighted by molar-refractivity contribution is 5.76. The van der Waals surface area contributed by atoms with Crippen molar-refractivity contribution in [1.29, 1.82) is 0 Å². The number of para-hydroxylation sites is 1. The molecule has 1 atom stereocenters. The number of hydrogen-bond acceptors (Lipinski definition) is 3. The summed E-state index contributed by atoms with van der Waals surface area (Å²) in [5.41, 5.74) is 7.19. The van der Waals surface area contributed by atoms with E-state index in [9.17, 15) is 8.78 Å². The molecule has 6 heteroatoms. The summed E-state index contributed by atoms with van der Waals surface area (Å²) >= 11 is 0. The highest BCUT2D eigenvalue weighted by Gasteiger charge is 2.24. The van der Waals surface area contributed by atoms with Crippen molar-refractivity contribution in [3.8, 4) is 17.0 Å². The number of alkyl halides is 2. The maximum Gasteiger partial charge on any atom is 0.387 e. The first-order valence-electron chi connectivity index (χ1n) is 6.95. The maximum atomic E-state index is 12.5. The number of hydrogen-bond donors (Lipinski definition) is 1. The van der Waals surface area contributed by atoms with E-state index in [-0.39, 0.29) is 5.75 Å². The van der Waals surface area contributed by atoms with Gasteiger partial charge in [-0.3, -0.25) is 0 Å². The molecule has 1 unspecified atom stereocenters. The van der Waals surface area contributed by atoms with E-state index in [1.165, 1.54) is 6.07 Å². The highest BCUT2D eigenvalue weighted by atomic mass is 19.3. The average molecular weight is 293 g/mol. The summed E-state index contributed by atoms with van der Waals surface area (Å²) in [5.74, 6) is 2.08. The number of halogens is 2. The second-order valence-corrected chi connectivity index (χ2v) is 5.39. The van der Waals surface area contributed by atoms with Crippen LogP contribution in [-0.4, -0.2) is 16.2 Å². The monoisotopic (exact) mass is 293 g/mol. The van der Waals surface area contributed by atoms with E-state index < -0.39 is 6.61 Å². The van der Waals surface area contributed by atoms with E-state index in [0.717, 1.165) is 25.2 Å². The second kappa shape index (κ2) is 5.35. The molecule has 112 valence electrons. The van der Waals surface area contributed by atoms with Crippen LogP contribution < -0.4 is 10.5 Å². The molecule has 1 aliphatic rings. The predicted octanol–water partition coefficient (Wildman–Crippen LogP) is 3.32. The fraction of sp³-hybridized carbons (Fsp3) is 0.400. The van der Waals surface area contributed by atoms with Crippen LogP contribution in [0, 0.1) is 5.92 Å². The lowest BCUT2D eigenvalue weighted by molar-refractivity contribution is -0.0494. The third kappa shape index (κ3) is 2.57. The number of ether oxygens (including phenoxy) is 1. The van der Waals surface area contributed by atoms with E-state index in [1.807, 2.05) is 4.57 Å². The van der Waals surface area contributed by atoms with Crippen LogP contribution in [0.15, 0.2) is 24.3 Å². The second-order valence-electron chi connectivity index (χ2n) is 5.39. The van der Waals surface area contributed by atoms with Crippen LogP contribution in [0.5, 0.6) is 5.75 Å². The minimum Gasteiger partial charge on any atom is -0.434 e. The van der Waals surface area contributed by atoms with Crippen LogP contribution >= 0.6 is 0 Å². The molecule has 0 aliphatic carbocycles. The molecular weight excluding hydrogens is 276 g/mol. The average Bonchev–Trinajstić information content (AvgIpc) is 2.75. The SMILES string of the molecule is CC1CCn2c(nc(-c3ccccc3OC(F)F)c2N)C1. The van der Waals surface area contributed by atoms with Crippen LogP contribution in [0.25, 0.3) is 11.3 Å². The van der Waals surface area contributed by atoms with Gasteiger partial charge >= 0.3 is 6.61 Å². The van der Waals surface area contributed by atoms with Gasteiger partial charge in [0.25, 0.3) is 0 Å².